The number of carbonyl (C=O) groups is 2. The van der Waals surface area contributed by atoms with Gasteiger partial charge in [-0.3, -0.25) is 14.3 Å². The van der Waals surface area contributed by atoms with Crippen molar-refractivity contribution in [2.75, 3.05) is 10.0 Å². The first-order valence-corrected chi connectivity index (χ1v) is 12.9. The predicted octanol–water partition coefficient (Wildman–Crippen LogP) is 4.60. The van der Waals surface area contributed by atoms with E-state index in [-0.39, 0.29) is 21.3 Å². The van der Waals surface area contributed by atoms with Crippen LogP contribution in [0.4, 0.5) is 10.8 Å². The number of hydrogen-bond acceptors (Lipinski definition) is 8. The quantitative estimate of drug-likeness (QED) is 0.298. The summed E-state index contributed by atoms with van der Waals surface area (Å²) < 4.78 is 33.7. The van der Waals surface area contributed by atoms with Gasteiger partial charge >= 0.3 is 5.97 Å². The highest BCUT2D eigenvalue weighted by atomic mass is 79.9. The zero-order chi connectivity index (χ0) is 23.5. The molecule has 9 nitrogen and oxygen atoms in total. The Morgan fingerprint density at radius 2 is 1.81 bits per heavy atom. The third-order valence-electron chi connectivity index (χ3n) is 3.91. The lowest BCUT2D eigenvalue weighted by Gasteiger charge is -2.12. The van der Waals surface area contributed by atoms with Gasteiger partial charge in [0.2, 0.25) is 5.13 Å². The van der Waals surface area contributed by atoms with Gasteiger partial charge < -0.3 is 10.1 Å². The van der Waals surface area contributed by atoms with Crippen molar-refractivity contribution in [1.82, 2.24) is 10.2 Å². The van der Waals surface area contributed by atoms with Crippen molar-refractivity contribution in [2.24, 2.45) is 0 Å². The molecular weight excluding hydrogens is 588 g/mol. The van der Waals surface area contributed by atoms with Crippen LogP contribution in [-0.2, 0) is 21.2 Å². The van der Waals surface area contributed by atoms with Crippen molar-refractivity contribution in [2.45, 2.75) is 25.2 Å². The SMILES string of the molecule is CCc1nnc(NS(=O)(=O)c2ccc(NC(=O)c3cc(Br)cc(Br)c3OC(C)=O)cc2)s1. The molecule has 2 N–H and O–H groups in total. The number of sulfonamides is 1. The summed E-state index contributed by atoms with van der Waals surface area (Å²) >= 11 is 7.73. The van der Waals surface area contributed by atoms with Gasteiger partial charge in [0, 0.05) is 17.1 Å². The Labute approximate surface area is 204 Å². The normalized spacial score (nSPS) is 11.1. The van der Waals surface area contributed by atoms with Crippen LogP contribution < -0.4 is 14.8 Å². The summed E-state index contributed by atoms with van der Waals surface area (Å²) in [7, 11) is -3.86. The lowest BCUT2D eigenvalue weighted by atomic mass is 10.2. The molecule has 0 aliphatic carbocycles. The number of esters is 1. The van der Waals surface area contributed by atoms with Crippen LogP contribution >= 0.6 is 43.2 Å². The average Bonchev–Trinajstić information content (AvgIpc) is 3.16. The van der Waals surface area contributed by atoms with Crippen LogP contribution in [0.25, 0.3) is 0 Å². The molecule has 0 aliphatic rings. The van der Waals surface area contributed by atoms with Gasteiger partial charge in [-0.2, -0.15) is 0 Å². The third kappa shape index (κ3) is 5.91. The van der Waals surface area contributed by atoms with Crippen molar-refractivity contribution >= 4 is 75.9 Å². The number of amides is 1. The minimum atomic E-state index is -3.86. The summed E-state index contributed by atoms with van der Waals surface area (Å²) in [5.41, 5.74) is 0.464. The van der Waals surface area contributed by atoms with E-state index in [2.05, 4.69) is 52.1 Å². The standard InChI is InChI=1S/C19H16Br2N4O5S2/c1-3-16-23-24-19(31-16)25-32(28,29)13-6-4-12(5-7-13)22-18(27)14-8-11(20)9-15(21)17(14)30-10(2)26/h4-9H,3H2,1-2H3,(H,22,27)(H,24,25). The van der Waals surface area contributed by atoms with Crippen LogP contribution in [0.15, 0.2) is 50.2 Å². The topological polar surface area (TPSA) is 127 Å². The summed E-state index contributed by atoms with van der Waals surface area (Å²) in [6.07, 6.45) is 0.654. The van der Waals surface area contributed by atoms with Crippen molar-refractivity contribution in [1.29, 1.82) is 0 Å². The summed E-state index contributed by atoms with van der Waals surface area (Å²) in [4.78, 5) is 24.2. The Bertz CT molecular complexity index is 1280. The highest BCUT2D eigenvalue weighted by molar-refractivity contribution is 9.11. The highest BCUT2D eigenvalue weighted by Crippen LogP contribution is 2.33. The number of rotatable bonds is 7. The largest absolute Gasteiger partial charge is 0.425 e. The van der Waals surface area contributed by atoms with Crippen LogP contribution in [0.3, 0.4) is 0 Å². The fourth-order valence-electron chi connectivity index (χ4n) is 2.50. The summed E-state index contributed by atoms with van der Waals surface area (Å²) in [6, 6.07) is 8.75. The Balaban J connectivity index is 1.78. The first-order chi connectivity index (χ1) is 15.1. The molecule has 1 amide bonds. The highest BCUT2D eigenvalue weighted by Gasteiger charge is 2.20. The molecule has 13 heteroatoms. The van der Waals surface area contributed by atoms with Gasteiger partial charge in [-0.05, 0) is 58.7 Å². The molecule has 1 heterocycles. The number of nitrogens with one attached hydrogen (secondary N) is 2. The molecule has 0 atom stereocenters. The molecule has 0 fully saturated rings. The number of aromatic nitrogens is 2. The van der Waals surface area contributed by atoms with E-state index < -0.39 is 21.9 Å². The Kier molecular flexibility index (Phi) is 7.64. The number of anilines is 2. The van der Waals surface area contributed by atoms with Gasteiger partial charge in [0.05, 0.1) is 14.9 Å². The molecule has 0 bridgehead atoms. The average molecular weight is 604 g/mol. The van der Waals surface area contributed by atoms with Gasteiger partial charge in [-0.25, -0.2) is 8.42 Å². The Hall–Kier alpha value is -2.35. The second-order valence-electron chi connectivity index (χ2n) is 6.30. The zero-order valence-corrected chi connectivity index (χ0v) is 21.5. The van der Waals surface area contributed by atoms with Gasteiger partial charge in [-0.1, -0.05) is 34.2 Å². The smallest absolute Gasteiger partial charge is 0.308 e. The van der Waals surface area contributed by atoms with E-state index in [1.165, 1.54) is 37.3 Å². The summed E-state index contributed by atoms with van der Waals surface area (Å²) in [6.45, 7) is 3.13. The summed E-state index contributed by atoms with van der Waals surface area (Å²) in [5.74, 6) is -1.05. The number of aryl methyl sites for hydroxylation is 1. The predicted molar refractivity (Wildman–Crippen MR) is 128 cm³/mol. The first kappa shape index (κ1) is 24.3. The monoisotopic (exact) mass is 602 g/mol. The molecule has 0 aliphatic heterocycles. The maximum absolute atomic E-state index is 12.8. The number of halogens is 2. The van der Waals surface area contributed by atoms with Crippen LogP contribution in [0.1, 0.15) is 29.2 Å². The summed E-state index contributed by atoms with van der Waals surface area (Å²) in [5, 5.41) is 11.2. The van der Waals surface area contributed by atoms with Crippen molar-refractivity contribution in [3.05, 3.63) is 55.9 Å². The maximum Gasteiger partial charge on any atom is 0.308 e. The van der Waals surface area contributed by atoms with Gasteiger partial charge in [-0.15, -0.1) is 10.2 Å². The first-order valence-electron chi connectivity index (χ1n) is 9.03. The zero-order valence-electron chi connectivity index (χ0n) is 16.7. The molecule has 0 unspecified atom stereocenters. The molecule has 0 radical (unpaired) electrons. The Morgan fingerprint density at radius 3 is 2.41 bits per heavy atom. The molecule has 32 heavy (non-hydrogen) atoms. The van der Waals surface area contributed by atoms with Crippen molar-refractivity contribution in [3.63, 3.8) is 0 Å². The van der Waals surface area contributed by atoms with Crippen molar-refractivity contribution < 1.29 is 22.7 Å². The lowest BCUT2D eigenvalue weighted by molar-refractivity contribution is -0.131. The van der Waals surface area contributed by atoms with Crippen LogP contribution in [-0.4, -0.2) is 30.5 Å². The minimum Gasteiger partial charge on any atom is -0.425 e. The fraction of sp³-hybridized carbons (Fsp3) is 0.158. The van der Waals surface area contributed by atoms with E-state index in [4.69, 9.17) is 4.74 Å². The van der Waals surface area contributed by atoms with Crippen LogP contribution in [0, 0.1) is 0 Å². The second-order valence-corrected chi connectivity index (χ2v) is 10.8. The van der Waals surface area contributed by atoms with E-state index in [0.29, 0.717) is 26.1 Å². The van der Waals surface area contributed by atoms with E-state index in [1.54, 1.807) is 6.07 Å². The maximum atomic E-state index is 12.8. The number of benzene rings is 2. The fourth-order valence-corrected chi connectivity index (χ4v) is 5.72. The third-order valence-corrected chi connectivity index (χ3v) is 7.43. The molecule has 3 aromatic rings. The molecule has 0 saturated heterocycles. The Morgan fingerprint density at radius 1 is 1.12 bits per heavy atom. The van der Waals surface area contributed by atoms with Crippen molar-refractivity contribution in [3.8, 4) is 5.75 Å². The second kappa shape index (κ2) is 10.1. The number of hydrogen-bond donors (Lipinski definition) is 2. The van der Waals surface area contributed by atoms with E-state index in [9.17, 15) is 18.0 Å². The molecule has 168 valence electrons. The van der Waals surface area contributed by atoms with E-state index >= 15 is 0 Å². The van der Waals surface area contributed by atoms with Gasteiger partial charge in [0.25, 0.3) is 15.9 Å². The lowest BCUT2D eigenvalue weighted by Crippen LogP contribution is -2.16. The van der Waals surface area contributed by atoms with Crippen LogP contribution in [0.2, 0.25) is 0 Å². The molecular formula is C19H16Br2N4O5S2. The van der Waals surface area contributed by atoms with Gasteiger partial charge in [0.15, 0.2) is 5.75 Å². The van der Waals surface area contributed by atoms with Gasteiger partial charge in [0.1, 0.15) is 5.01 Å². The molecule has 0 saturated carbocycles. The van der Waals surface area contributed by atoms with E-state index in [1.807, 2.05) is 6.92 Å². The molecule has 2 aromatic carbocycles. The van der Waals surface area contributed by atoms with Crippen LogP contribution in [0.5, 0.6) is 5.75 Å². The minimum absolute atomic E-state index is 0.00505. The molecule has 1 aromatic heterocycles. The number of ether oxygens (including phenoxy) is 1. The number of carbonyl (C=O) groups excluding carboxylic acids is 2. The molecule has 3 rings (SSSR count). The number of nitrogens with zero attached hydrogens (tertiary/aromatic N) is 2. The molecule has 0 spiro atoms. The van der Waals surface area contributed by atoms with E-state index in [0.717, 1.165) is 11.3 Å².